The third kappa shape index (κ3) is 4.11. The van der Waals surface area contributed by atoms with Crippen LogP contribution in [0.2, 0.25) is 0 Å². The van der Waals surface area contributed by atoms with Crippen molar-refractivity contribution in [3.8, 4) is 11.6 Å². The number of nitrogens with zero attached hydrogens (tertiary/aromatic N) is 4. The summed E-state index contributed by atoms with van der Waals surface area (Å²) in [6.07, 6.45) is 5.15. The molecular formula is C14H17N5O3. The van der Waals surface area contributed by atoms with E-state index < -0.39 is 4.92 Å². The quantitative estimate of drug-likeness (QED) is 0.619. The molecule has 0 aromatic carbocycles. The van der Waals surface area contributed by atoms with Gasteiger partial charge in [0, 0.05) is 12.7 Å². The standard InChI is InChI=1S/C14H17N5O3/c1-10(2)5-7-16-13-12(19(20)21)14(18-9-17-13)22-11-4-3-6-15-8-11/h3-4,6,8-10H,5,7H2,1-2H3,(H,16,17,18). The summed E-state index contributed by atoms with van der Waals surface area (Å²) < 4.78 is 5.44. The van der Waals surface area contributed by atoms with Crippen LogP contribution in [-0.4, -0.2) is 26.4 Å². The Hall–Kier alpha value is -2.77. The molecule has 2 aromatic heterocycles. The van der Waals surface area contributed by atoms with Gasteiger partial charge < -0.3 is 10.1 Å². The molecule has 0 aliphatic rings. The topological polar surface area (TPSA) is 103 Å². The van der Waals surface area contributed by atoms with Crippen molar-refractivity contribution < 1.29 is 9.66 Å². The van der Waals surface area contributed by atoms with Crippen LogP contribution in [0.3, 0.4) is 0 Å². The summed E-state index contributed by atoms with van der Waals surface area (Å²) in [5, 5.41) is 14.3. The number of nitrogens with one attached hydrogen (secondary N) is 1. The first-order valence-corrected chi connectivity index (χ1v) is 6.89. The van der Waals surface area contributed by atoms with Gasteiger partial charge in [0.2, 0.25) is 5.82 Å². The van der Waals surface area contributed by atoms with E-state index in [1.807, 2.05) is 0 Å². The van der Waals surface area contributed by atoms with Gasteiger partial charge in [0.15, 0.2) is 0 Å². The monoisotopic (exact) mass is 303 g/mol. The van der Waals surface area contributed by atoms with E-state index in [1.165, 1.54) is 12.5 Å². The van der Waals surface area contributed by atoms with Crippen LogP contribution in [0.1, 0.15) is 20.3 Å². The van der Waals surface area contributed by atoms with Crippen molar-refractivity contribution in [1.82, 2.24) is 15.0 Å². The minimum Gasteiger partial charge on any atom is -0.432 e. The number of anilines is 1. The predicted octanol–water partition coefficient (Wildman–Crippen LogP) is 3.03. The number of aromatic nitrogens is 3. The Morgan fingerprint density at radius 3 is 2.86 bits per heavy atom. The van der Waals surface area contributed by atoms with Crippen LogP contribution in [0.25, 0.3) is 0 Å². The van der Waals surface area contributed by atoms with Crippen molar-refractivity contribution in [2.75, 3.05) is 11.9 Å². The molecule has 0 aliphatic carbocycles. The summed E-state index contributed by atoms with van der Waals surface area (Å²) in [4.78, 5) is 22.5. The Morgan fingerprint density at radius 2 is 2.23 bits per heavy atom. The highest BCUT2D eigenvalue weighted by atomic mass is 16.6. The summed E-state index contributed by atoms with van der Waals surface area (Å²) in [6, 6.07) is 3.31. The van der Waals surface area contributed by atoms with Crippen LogP contribution in [0.15, 0.2) is 30.9 Å². The molecule has 8 heteroatoms. The van der Waals surface area contributed by atoms with Gasteiger partial charge >= 0.3 is 11.6 Å². The molecule has 0 spiro atoms. The molecule has 0 radical (unpaired) electrons. The Balaban J connectivity index is 2.24. The van der Waals surface area contributed by atoms with E-state index in [0.29, 0.717) is 18.2 Å². The number of rotatable bonds is 7. The van der Waals surface area contributed by atoms with E-state index in [4.69, 9.17) is 4.74 Å². The van der Waals surface area contributed by atoms with E-state index >= 15 is 0 Å². The Labute approximate surface area is 127 Å². The van der Waals surface area contributed by atoms with Crippen LogP contribution in [-0.2, 0) is 0 Å². The average molecular weight is 303 g/mol. The SMILES string of the molecule is CC(C)CCNc1ncnc(Oc2cccnc2)c1[N+](=O)[O-]. The van der Waals surface area contributed by atoms with Crippen molar-refractivity contribution in [3.05, 3.63) is 41.0 Å². The zero-order valence-corrected chi connectivity index (χ0v) is 12.4. The lowest BCUT2D eigenvalue weighted by Crippen LogP contribution is -2.09. The molecule has 0 saturated heterocycles. The smallest absolute Gasteiger partial charge is 0.373 e. The van der Waals surface area contributed by atoms with Gasteiger partial charge in [-0.2, -0.15) is 4.98 Å². The molecule has 22 heavy (non-hydrogen) atoms. The van der Waals surface area contributed by atoms with Crippen molar-refractivity contribution >= 4 is 11.5 Å². The molecule has 116 valence electrons. The minimum absolute atomic E-state index is 0.111. The van der Waals surface area contributed by atoms with Crippen LogP contribution < -0.4 is 10.1 Å². The van der Waals surface area contributed by atoms with Gasteiger partial charge in [0.05, 0.1) is 11.1 Å². The molecular weight excluding hydrogens is 286 g/mol. The summed E-state index contributed by atoms with van der Waals surface area (Å²) in [5.74, 6) is 0.900. The highest BCUT2D eigenvalue weighted by Gasteiger charge is 2.24. The molecule has 0 unspecified atom stereocenters. The first-order chi connectivity index (χ1) is 10.6. The van der Waals surface area contributed by atoms with E-state index in [9.17, 15) is 10.1 Å². The van der Waals surface area contributed by atoms with Crippen molar-refractivity contribution in [1.29, 1.82) is 0 Å². The van der Waals surface area contributed by atoms with Gasteiger partial charge in [0.25, 0.3) is 0 Å². The van der Waals surface area contributed by atoms with Crippen LogP contribution in [0, 0.1) is 16.0 Å². The fraction of sp³-hybridized carbons (Fsp3) is 0.357. The molecule has 0 saturated carbocycles. The number of hydrogen-bond donors (Lipinski definition) is 1. The summed E-state index contributed by atoms with van der Waals surface area (Å²) >= 11 is 0. The van der Waals surface area contributed by atoms with Gasteiger partial charge in [0.1, 0.15) is 12.1 Å². The molecule has 0 atom stereocenters. The second kappa shape index (κ2) is 7.30. The van der Waals surface area contributed by atoms with E-state index in [0.717, 1.165) is 6.42 Å². The third-order valence-corrected chi connectivity index (χ3v) is 2.83. The maximum absolute atomic E-state index is 11.3. The lowest BCUT2D eigenvalue weighted by molar-refractivity contribution is -0.385. The second-order valence-electron chi connectivity index (χ2n) is 5.03. The number of nitro groups is 1. The molecule has 2 aromatic rings. The molecule has 0 fully saturated rings. The second-order valence-corrected chi connectivity index (χ2v) is 5.03. The zero-order valence-electron chi connectivity index (χ0n) is 12.4. The third-order valence-electron chi connectivity index (χ3n) is 2.83. The van der Waals surface area contributed by atoms with Crippen molar-refractivity contribution in [2.45, 2.75) is 20.3 Å². The lowest BCUT2D eigenvalue weighted by atomic mass is 10.1. The predicted molar refractivity (Wildman–Crippen MR) is 80.9 cm³/mol. The van der Waals surface area contributed by atoms with Gasteiger partial charge in [-0.3, -0.25) is 15.1 Å². The van der Waals surface area contributed by atoms with Crippen LogP contribution in [0.5, 0.6) is 11.6 Å². The normalized spacial score (nSPS) is 10.5. The molecule has 8 nitrogen and oxygen atoms in total. The highest BCUT2D eigenvalue weighted by Crippen LogP contribution is 2.33. The van der Waals surface area contributed by atoms with E-state index in [2.05, 4.69) is 34.1 Å². The summed E-state index contributed by atoms with van der Waals surface area (Å²) in [5.41, 5.74) is -0.282. The molecule has 0 bridgehead atoms. The largest absolute Gasteiger partial charge is 0.432 e. The van der Waals surface area contributed by atoms with Crippen molar-refractivity contribution in [3.63, 3.8) is 0 Å². The first-order valence-electron chi connectivity index (χ1n) is 6.89. The van der Waals surface area contributed by atoms with E-state index in [-0.39, 0.29) is 17.4 Å². The maximum atomic E-state index is 11.3. The fourth-order valence-electron chi connectivity index (χ4n) is 1.73. The van der Waals surface area contributed by atoms with Crippen molar-refractivity contribution in [2.24, 2.45) is 5.92 Å². The number of ether oxygens (including phenoxy) is 1. The van der Waals surface area contributed by atoms with Gasteiger partial charge in [-0.05, 0) is 24.5 Å². The van der Waals surface area contributed by atoms with Crippen LogP contribution >= 0.6 is 0 Å². The van der Waals surface area contributed by atoms with Crippen LogP contribution in [0.4, 0.5) is 11.5 Å². The molecule has 0 amide bonds. The molecule has 1 N–H and O–H groups in total. The van der Waals surface area contributed by atoms with Gasteiger partial charge in [-0.15, -0.1) is 0 Å². The fourth-order valence-corrected chi connectivity index (χ4v) is 1.73. The van der Waals surface area contributed by atoms with Gasteiger partial charge in [-0.25, -0.2) is 4.98 Å². The Morgan fingerprint density at radius 1 is 1.41 bits per heavy atom. The number of hydrogen-bond acceptors (Lipinski definition) is 7. The molecule has 2 heterocycles. The Bertz CT molecular complexity index is 634. The maximum Gasteiger partial charge on any atom is 0.373 e. The molecule has 2 rings (SSSR count). The molecule has 0 aliphatic heterocycles. The summed E-state index contributed by atoms with van der Waals surface area (Å²) in [6.45, 7) is 4.74. The Kier molecular flexibility index (Phi) is 5.18. The zero-order chi connectivity index (χ0) is 15.9. The lowest BCUT2D eigenvalue weighted by Gasteiger charge is -2.10. The average Bonchev–Trinajstić information content (AvgIpc) is 2.48. The first kappa shape index (κ1) is 15.6. The minimum atomic E-state index is -0.552. The number of pyridine rings is 1. The van der Waals surface area contributed by atoms with Gasteiger partial charge in [-0.1, -0.05) is 13.8 Å². The van der Waals surface area contributed by atoms with E-state index in [1.54, 1.807) is 18.3 Å². The highest BCUT2D eigenvalue weighted by molar-refractivity contribution is 5.61. The summed E-state index contributed by atoms with van der Waals surface area (Å²) in [7, 11) is 0.